The summed E-state index contributed by atoms with van der Waals surface area (Å²) < 4.78 is 40.9. The smallest absolute Gasteiger partial charge is 0.327 e. The quantitative estimate of drug-likeness (QED) is 0.414. The van der Waals surface area contributed by atoms with Gasteiger partial charge in [-0.3, -0.25) is 0 Å². The van der Waals surface area contributed by atoms with Crippen LogP contribution in [-0.4, -0.2) is 21.1 Å². The van der Waals surface area contributed by atoms with Crippen LogP contribution in [0.2, 0.25) is 10.0 Å². The fraction of sp³-hybridized carbons (Fsp3) is 0.250. The Balaban J connectivity index is 2.11. The SMILES string of the molecule is CCSC/C(=C\c1ccc(Cl)c(Cl)c1)c1nc2cc(C(F)(F)F)ccc2n1C. The zero-order chi connectivity index (χ0) is 20.5. The van der Waals surface area contributed by atoms with Gasteiger partial charge < -0.3 is 4.57 Å². The third-order valence-corrected chi connectivity index (χ3v) is 5.90. The first-order valence-electron chi connectivity index (χ1n) is 8.48. The Hall–Kier alpha value is -1.63. The van der Waals surface area contributed by atoms with Crippen LogP contribution in [0.3, 0.4) is 0 Å². The van der Waals surface area contributed by atoms with Crippen molar-refractivity contribution in [1.29, 1.82) is 0 Å². The number of alkyl halides is 3. The van der Waals surface area contributed by atoms with Crippen molar-refractivity contribution < 1.29 is 13.2 Å². The van der Waals surface area contributed by atoms with Crippen LogP contribution in [0.15, 0.2) is 36.4 Å². The van der Waals surface area contributed by atoms with E-state index in [0.717, 1.165) is 29.0 Å². The van der Waals surface area contributed by atoms with Gasteiger partial charge in [0, 0.05) is 18.4 Å². The average molecular weight is 445 g/mol. The minimum atomic E-state index is -4.40. The molecule has 0 aliphatic carbocycles. The molecule has 3 aromatic rings. The van der Waals surface area contributed by atoms with Crippen LogP contribution >= 0.6 is 35.0 Å². The summed E-state index contributed by atoms with van der Waals surface area (Å²) in [5.41, 5.74) is 2.00. The molecule has 2 aromatic carbocycles. The van der Waals surface area contributed by atoms with Crippen LogP contribution in [0.4, 0.5) is 13.2 Å². The van der Waals surface area contributed by atoms with Crippen molar-refractivity contribution in [3.05, 3.63) is 63.4 Å². The number of hydrogen-bond donors (Lipinski definition) is 0. The number of benzene rings is 2. The lowest BCUT2D eigenvalue weighted by atomic mass is 10.1. The largest absolute Gasteiger partial charge is 0.416 e. The molecule has 0 radical (unpaired) electrons. The van der Waals surface area contributed by atoms with E-state index >= 15 is 0 Å². The van der Waals surface area contributed by atoms with Gasteiger partial charge in [-0.2, -0.15) is 24.9 Å². The van der Waals surface area contributed by atoms with Crippen LogP contribution in [0, 0.1) is 0 Å². The molecule has 2 nitrogen and oxygen atoms in total. The van der Waals surface area contributed by atoms with E-state index in [-0.39, 0.29) is 0 Å². The molecular formula is C20H17Cl2F3N2S. The number of aromatic nitrogens is 2. The van der Waals surface area contributed by atoms with E-state index in [4.69, 9.17) is 23.2 Å². The highest BCUT2D eigenvalue weighted by Crippen LogP contribution is 2.33. The number of thioether (sulfide) groups is 1. The van der Waals surface area contributed by atoms with Gasteiger partial charge in [-0.05, 0) is 47.7 Å². The van der Waals surface area contributed by atoms with Gasteiger partial charge in [0.25, 0.3) is 0 Å². The molecule has 1 heterocycles. The van der Waals surface area contributed by atoms with Crippen LogP contribution in [0.1, 0.15) is 23.9 Å². The first kappa shape index (κ1) is 21.1. The van der Waals surface area contributed by atoms with E-state index < -0.39 is 11.7 Å². The molecule has 0 amide bonds. The molecule has 8 heteroatoms. The lowest BCUT2D eigenvalue weighted by Gasteiger charge is -2.09. The summed E-state index contributed by atoms with van der Waals surface area (Å²) in [5, 5.41) is 0.906. The van der Waals surface area contributed by atoms with Gasteiger partial charge >= 0.3 is 6.18 Å². The van der Waals surface area contributed by atoms with Crippen molar-refractivity contribution in [2.24, 2.45) is 7.05 Å². The van der Waals surface area contributed by atoms with Gasteiger partial charge in [0.2, 0.25) is 0 Å². The van der Waals surface area contributed by atoms with E-state index in [9.17, 15) is 13.2 Å². The lowest BCUT2D eigenvalue weighted by Crippen LogP contribution is -2.04. The van der Waals surface area contributed by atoms with Crippen LogP contribution in [-0.2, 0) is 13.2 Å². The molecular weight excluding hydrogens is 428 g/mol. The first-order valence-corrected chi connectivity index (χ1v) is 10.4. The summed E-state index contributed by atoms with van der Waals surface area (Å²) >= 11 is 13.8. The standard InChI is InChI=1S/C20H17Cl2F3N2S/c1-3-28-11-13(8-12-4-6-15(21)16(22)9-12)19-26-17-10-14(20(23,24)25)5-7-18(17)27(19)2/h4-10H,3,11H2,1-2H3/b13-8+. The van der Waals surface area contributed by atoms with E-state index in [1.165, 1.54) is 6.07 Å². The topological polar surface area (TPSA) is 17.8 Å². The molecule has 0 aliphatic heterocycles. The number of rotatable bonds is 5. The van der Waals surface area contributed by atoms with E-state index in [0.29, 0.717) is 32.7 Å². The minimum Gasteiger partial charge on any atom is -0.327 e. The number of aryl methyl sites for hydroxylation is 1. The van der Waals surface area contributed by atoms with Gasteiger partial charge in [0.1, 0.15) is 5.82 Å². The Bertz CT molecular complexity index is 1040. The lowest BCUT2D eigenvalue weighted by molar-refractivity contribution is -0.137. The highest BCUT2D eigenvalue weighted by atomic mass is 35.5. The average Bonchev–Trinajstić information content (AvgIpc) is 2.97. The molecule has 0 fully saturated rings. The third kappa shape index (κ3) is 4.50. The molecule has 1 aromatic heterocycles. The van der Waals surface area contributed by atoms with Gasteiger partial charge in [0.05, 0.1) is 26.6 Å². The highest BCUT2D eigenvalue weighted by molar-refractivity contribution is 7.99. The Kier molecular flexibility index (Phi) is 6.32. The van der Waals surface area contributed by atoms with Crippen molar-refractivity contribution in [2.75, 3.05) is 11.5 Å². The molecule has 3 rings (SSSR count). The molecule has 28 heavy (non-hydrogen) atoms. The first-order chi connectivity index (χ1) is 13.2. The van der Waals surface area contributed by atoms with Crippen molar-refractivity contribution >= 4 is 57.6 Å². The number of imidazole rings is 1. The molecule has 0 N–H and O–H groups in total. The minimum absolute atomic E-state index is 0.314. The second-order valence-electron chi connectivity index (χ2n) is 6.18. The molecule has 0 bridgehead atoms. The van der Waals surface area contributed by atoms with E-state index in [1.807, 2.05) is 23.6 Å². The maximum Gasteiger partial charge on any atom is 0.416 e. The van der Waals surface area contributed by atoms with Crippen molar-refractivity contribution in [3.63, 3.8) is 0 Å². The zero-order valence-corrected chi connectivity index (χ0v) is 17.5. The van der Waals surface area contributed by atoms with Crippen LogP contribution in [0.5, 0.6) is 0 Å². The Morgan fingerprint density at radius 3 is 2.54 bits per heavy atom. The van der Waals surface area contributed by atoms with Gasteiger partial charge in [-0.15, -0.1) is 0 Å². The third-order valence-electron chi connectivity index (χ3n) is 4.24. The Morgan fingerprint density at radius 1 is 1.14 bits per heavy atom. The van der Waals surface area contributed by atoms with E-state index in [2.05, 4.69) is 4.98 Å². The predicted octanol–water partition coefficient (Wildman–Crippen LogP) is 7.19. The summed E-state index contributed by atoms with van der Waals surface area (Å²) in [6.45, 7) is 2.05. The fourth-order valence-corrected chi connectivity index (χ4v) is 3.79. The van der Waals surface area contributed by atoms with Crippen molar-refractivity contribution in [1.82, 2.24) is 9.55 Å². The normalized spacial score (nSPS) is 12.8. The molecule has 0 spiro atoms. The summed E-state index contributed by atoms with van der Waals surface area (Å²) in [5.74, 6) is 2.20. The van der Waals surface area contributed by atoms with Crippen molar-refractivity contribution in [2.45, 2.75) is 13.1 Å². The summed E-state index contributed by atoms with van der Waals surface area (Å²) in [6, 6.07) is 8.93. The molecule has 148 valence electrons. The van der Waals surface area contributed by atoms with Crippen LogP contribution in [0.25, 0.3) is 22.7 Å². The number of nitrogens with zero attached hydrogens (tertiary/aromatic N) is 2. The molecule has 0 atom stereocenters. The molecule has 0 unspecified atom stereocenters. The number of halogens is 5. The summed E-state index contributed by atoms with van der Waals surface area (Å²) in [7, 11) is 1.80. The second kappa shape index (κ2) is 8.39. The fourth-order valence-electron chi connectivity index (χ4n) is 2.85. The van der Waals surface area contributed by atoms with Gasteiger partial charge in [-0.1, -0.05) is 36.2 Å². The molecule has 0 saturated heterocycles. The second-order valence-corrected chi connectivity index (χ2v) is 8.26. The molecule has 0 aliphatic rings. The Morgan fingerprint density at radius 2 is 1.89 bits per heavy atom. The highest BCUT2D eigenvalue weighted by Gasteiger charge is 2.31. The number of fused-ring (bicyclic) bond motifs is 1. The monoisotopic (exact) mass is 444 g/mol. The Labute approximate surface area is 175 Å². The van der Waals surface area contributed by atoms with Gasteiger partial charge in [0.15, 0.2) is 0 Å². The molecule has 0 saturated carbocycles. The maximum atomic E-state index is 13.0. The van der Waals surface area contributed by atoms with E-state index in [1.54, 1.807) is 30.9 Å². The summed E-state index contributed by atoms with van der Waals surface area (Å²) in [6.07, 6.45) is -2.46. The maximum absolute atomic E-state index is 13.0. The predicted molar refractivity (Wildman–Crippen MR) is 113 cm³/mol. The van der Waals surface area contributed by atoms with Crippen LogP contribution < -0.4 is 0 Å². The van der Waals surface area contributed by atoms with Crippen molar-refractivity contribution in [3.8, 4) is 0 Å². The summed E-state index contributed by atoms with van der Waals surface area (Å²) in [4.78, 5) is 4.50. The number of hydrogen-bond acceptors (Lipinski definition) is 2. The van der Waals surface area contributed by atoms with Gasteiger partial charge in [-0.25, -0.2) is 4.98 Å². The zero-order valence-electron chi connectivity index (χ0n) is 15.1.